The predicted molar refractivity (Wildman–Crippen MR) is 87.5 cm³/mol. The van der Waals surface area contributed by atoms with Crippen molar-refractivity contribution in [2.24, 2.45) is 5.92 Å². The largest absolute Gasteiger partial charge is 0.335 e. The Balaban J connectivity index is 1.53. The lowest BCUT2D eigenvalue weighted by Gasteiger charge is -2.30. The first-order chi connectivity index (χ1) is 11.2. The summed E-state index contributed by atoms with van der Waals surface area (Å²) >= 11 is 0. The van der Waals surface area contributed by atoms with Crippen LogP contribution in [0.15, 0.2) is 36.8 Å². The summed E-state index contributed by atoms with van der Waals surface area (Å²) in [6.45, 7) is 2.56. The second-order valence-corrected chi connectivity index (χ2v) is 6.70. The van der Waals surface area contributed by atoms with Crippen molar-refractivity contribution in [3.63, 3.8) is 0 Å². The average molecular weight is 310 g/mol. The van der Waals surface area contributed by atoms with Crippen LogP contribution in [0.25, 0.3) is 11.5 Å². The van der Waals surface area contributed by atoms with Crippen molar-refractivity contribution in [1.82, 2.24) is 19.4 Å². The molecule has 0 bridgehead atoms. The third-order valence-corrected chi connectivity index (χ3v) is 4.89. The van der Waals surface area contributed by atoms with E-state index < -0.39 is 0 Å². The van der Waals surface area contributed by atoms with Crippen LogP contribution < -0.4 is 0 Å². The highest BCUT2D eigenvalue weighted by atomic mass is 16.2. The van der Waals surface area contributed by atoms with Gasteiger partial charge in [0.05, 0.1) is 0 Å². The smallest absolute Gasteiger partial charge is 0.243 e. The van der Waals surface area contributed by atoms with E-state index in [1.54, 1.807) is 12.4 Å². The Labute approximate surface area is 136 Å². The molecule has 2 fully saturated rings. The maximum atomic E-state index is 12.9. The van der Waals surface area contributed by atoms with Gasteiger partial charge in [0.25, 0.3) is 0 Å². The van der Waals surface area contributed by atoms with Gasteiger partial charge < -0.3 is 9.47 Å². The van der Waals surface area contributed by atoms with E-state index in [2.05, 4.69) is 21.8 Å². The van der Waals surface area contributed by atoms with Crippen molar-refractivity contribution in [3.8, 4) is 11.5 Å². The van der Waals surface area contributed by atoms with E-state index in [0.717, 1.165) is 24.4 Å². The molecule has 1 amide bonds. The first-order valence-electron chi connectivity index (χ1n) is 8.48. The van der Waals surface area contributed by atoms with Gasteiger partial charge in [0.1, 0.15) is 12.2 Å². The van der Waals surface area contributed by atoms with Gasteiger partial charge in [0.2, 0.25) is 5.91 Å². The van der Waals surface area contributed by atoms with E-state index in [0.29, 0.717) is 24.5 Å². The Morgan fingerprint density at radius 2 is 2.09 bits per heavy atom. The molecular formula is C18H22N4O. The van der Waals surface area contributed by atoms with Crippen molar-refractivity contribution in [2.45, 2.75) is 51.2 Å². The first kappa shape index (κ1) is 14.4. The first-order valence-corrected chi connectivity index (χ1v) is 8.48. The number of carbonyl (C=O) groups excluding carboxylic acids is 1. The van der Waals surface area contributed by atoms with E-state index in [4.69, 9.17) is 0 Å². The third-order valence-electron chi connectivity index (χ3n) is 4.89. The minimum absolute atomic E-state index is 0.210. The molecule has 23 heavy (non-hydrogen) atoms. The summed E-state index contributed by atoms with van der Waals surface area (Å²) in [6, 6.07) is 6.58. The second kappa shape index (κ2) is 5.80. The molecule has 0 N–H and O–H groups in total. The molecular weight excluding hydrogens is 288 g/mol. The number of hydrogen-bond acceptors (Lipinski definition) is 3. The highest BCUT2D eigenvalue weighted by molar-refractivity contribution is 5.77. The van der Waals surface area contributed by atoms with Crippen LogP contribution in [0.1, 0.15) is 32.6 Å². The average Bonchev–Trinajstić information content (AvgIpc) is 3.47. The minimum atomic E-state index is 0.210. The topological polar surface area (TPSA) is 51.0 Å². The molecule has 0 radical (unpaired) electrons. The van der Waals surface area contributed by atoms with E-state index in [1.807, 2.05) is 29.0 Å². The SMILES string of the molecule is C[C@H](C1CC1)N(C(=O)Cn1ccnc1-c1ccccn1)C1CC1. The van der Waals surface area contributed by atoms with Crippen LogP contribution in [0, 0.1) is 5.92 Å². The summed E-state index contributed by atoms with van der Waals surface area (Å²) in [5.74, 6) is 1.67. The van der Waals surface area contributed by atoms with E-state index in [9.17, 15) is 4.79 Å². The normalized spacial score (nSPS) is 18.7. The van der Waals surface area contributed by atoms with E-state index in [1.165, 1.54) is 12.8 Å². The van der Waals surface area contributed by atoms with Crippen LogP contribution in [-0.4, -0.2) is 37.4 Å². The molecule has 0 saturated heterocycles. The molecule has 2 aliphatic rings. The Kier molecular flexibility index (Phi) is 3.63. The molecule has 5 nitrogen and oxygen atoms in total. The number of pyridine rings is 1. The number of amides is 1. The van der Waals surface area contributed by atoms with Crippen LogP contribution in [-0.2, 0) is 11.3 Å². The molecule has 2 saturated carbocycles. The van der Waals surface area contributed by atoms with Crippen molar-refractivity contribution in [1.29, 1.82) is 0 Å². The van der Waals surface area contributed by atoms with Crippen molar-refractivity contribution >= 4 is 5.91 Å². The predicted octanol–water partition coefficient (Wildman–Crippen LogP) is 2.73. The molecule has 1 atom stereocenters. The molecule has 0 unspecified atom stereocenters. The monoisotopic (exact) mass is 310 g/mol. The molecule has 0 spiro atoms. The summed E-state index contributed by atoms with van der Waals surface area (Å²) in [6.07, 6.45) is 10.2. The van der Waals surface area contributed by atoms with Crippen molar-refractivity contribution in [2.75, 3.05) is 0 Å². The van der Waals surface area contributed by atoms with Crippen LogP contribution in [0.3, 0.4) is 0 Å². The van der Waals surface area contributed by atoms with Gasteiger partial charge >= 0.3 is 0 Å². The highest BCUT2D eigenvalue weighted by Gasteiger charge is 2.41. The number of aromatic nitrogens is 3. The lowest BCUT2D eigenvalue weighted by atomic mass is 10.1. The number of nitrogens with zero attached hydrogens (tertiary/aromatic N) is 4. The highest BCUT2D eigenvalue weighted by Crippen LogP contribution is 2.39. The number of hydrogen-bond donors (Lipinski definition) is 0. The zero-order chi connectivity index (χ0) is 15.8. The lowest BCUT2D eigenvalue weighted by molar-refractivity contribution is -0.135. The number of imidazole rings is 1. The van der Waals surface area contributed by atoms with Gasteiger partial charge in [0.15, 0.2) is 5.82 Å². The molecule has 0 aromatic carbocycles. The Morgan fingerprint density at radius 3 is 2.74 bits per heavy atom. The van der Waals surface area contributed by atoms with Crippen molar-refractivity contribution in [3.05, 3.63) is 36.8 Å². The Bertz CT molecular complexity index is 688. The molecule has 2 aromatic rings. The molecule has 4 rings (SSSR count). The van der Waals surface area contributed by atoms with Crippen LogP contribution in [0.4, 0.5) is 0 Å². The minimum Gasteiger partial charge on any atom is -0.335 e. The zero-order valence-electron chi connectivity index (χ0n) is 13.4. The molecule has 120 valence electrons. The fraction of sp³-hybridized carbons (Fsp3) is 0.500. The van der Waals surface area contributed by atoms with Gasteiger partial charge in [0, 0.05) is 30.7 Å². The lowest BCUT2D eigenvalue weighted by Crippen LogP contribution is -2.43. The zero-order valence-corrected chi connectivity index (χ0v) is 13.4. The van der Waals surface area contributed by atoms with Gasteiger partial charge in [-0.2, -0.15) is 0 Å². The van der Waals surface area contributed by atoms with Crippen LogP contribution in [0.5, 0.6) is 0 Å². The second-order valence-electron chi connectivity index (χ2n) is 6.70. The molecule has 2 aromatic heterocycles. The summed E-state index contributed by atoms with van der Waals surface area (Å²) in [4.78, 5) is 23.8. The fourth-order valence-corrected chi connectivity index (χ4v) is 3.31. The molecule has 2 aliphatic carbocycles. The molecule has 0 aliphatic heterocycles. The van der Waals surface area contributed by atoms with Gasteiger partial charge in [-0.3, -0.25) is 9.78 Å². The summed E-state index contributed by atoms with van der Waals surface area (Å²) in [5.41, 5.74) is 0.804. The number of rotatable bonds is 6. The van der Waals surface area contributed by atoms with E-state index >= 15 is 0 Å². The van der Waals surface area contributed by atoms with Crippen molar-refractivity contribution < 1.29 is 4.79 Å². The quantitative estimate of drug-likeness (QED) is 0.824. The number of carbonyl (C=O) groups is 1. The van der Waals surface area contributed by atoms with Gasteiger partial charge in [-0.25, -0.2) is 4.98 Å². The van der Waals surface area contributed by atoms with Gasteiger partial charge in [-0.1, -0.05) is 6.07 Å². The fourth-order valence-electron chi connectivity index (χ4n) is 3.31. The standard InChI is InChI=1S/C18H22N4O/c1-13(14-5-6-14)22(15-7-8-15)17(23)12-21-11-10-20-18(21)16-4-2-3-9-19-16/h2-4,9-11,13-15H,5-8,12H2,1H3/t13-/m1/s1. The maximum Gasteiger partial charge on any atom is 0.243 e. The summed E-state index contributed by atoms with van der Waals surface area (Å²) in [7, 11) is 0. The van der Waals surface area contributed by atoms with Crippen LogP contribution in [0.2, 0.25) is 0 Å². The maximum absolute atomic E-state index is 12.9. The van der Waals surface area contributed by atoms with Gasteiger partial charge in [-0.15, -0.1) is 0 Å². The molecule has 5 heteroatoms. The summed E-state index contributed by atoms with van der Waals surface area (Å²) < 4.78 is 1.92. The Hall–Kier alpha value is -2.17. The van der Waals surface area contributed by atoms with E-state index in [-0.39, 0.29) is 5.91 Å². The Morgan fingerprint density at radius 1 is 1.26 bits per heavy atom. The molecule has 2 heterocycles. The van der Waals surface area contributed by atoms with Gasteiger partial charge in [-0.05, 0) is 50.7 Å². The third kappa shape index (κ3) is 3.00. The summed E-state index contributed by atoms with van der Waals surface area (Å²) in [5, 5.41) is 0. The van der Waals surface area contributed by atoms with Crippen LogP contribution >= 0.6 is 0 Å².